The average molecular weight is 316 g/mol. The molecule has 1 aromatic rings. The first kappa shape index (κ1) is 17.5. The van der Waals surface area contributed by atoms with E-state index >= 15 is 0 Å². The molecule has 8 nitrogen and oxygen atoms in total. The number of nitrogen functional groups attached to an aromatic ring is 1. The number of hydrogen-bond acceptors (Lipinski definition) is 8. The Hall–Kier alpha value is -1.55. The molecule has 0 aliphatic carbocycles. The summed E-state index contributed by atoms with van der Waals surface area (Å²) in [7, 11) is 2.52. The maximum Gasteiger partial charge on any atom is 0.222 e. The van der Waals surface area contributed by atoms with Crippen LogP contribution in [0.25, 0.3) is 0 Å². The molecule has 2 heterocycles. The van der Waals surface area contributed by atoms with Gasteiger partial charge in [-0.25, -0.2) is 4.98 Å². The van der Waals surface area contributed by atoms with Gasteiger partial charge in [-0.3, -0.25) is 4.90 Å². The second-order valence-electron chi connectivity index (χ2n) is 4.11. The van der Waals surface area contributed by atoms with Crippen LogP contribution in [0.5, 0.6) is 5.75 Å². The quantitative estimate of drug-likeness (QED) is 0.642. The third-order valence-electron chi connectivity index (χ3n) is 2.93. The lowest BCUT2D eigenvalue weighted by atomic mass is 10.2. The molecule has 2 unspecified atom stereocenters. The van der Waals surface area contributed by atoms with Gasteiger partial charge in [0.05, 0.1) is 31.5 Å². The molecule has 1 aromatic heterocycles. The topological polar surface area (TPSA) is 114 Å². The molecule has 4 N–H and O–H groups in total. The van der Waals surface area contributed by atoms with Gasteiger partial charge < -0.3 is 25.4 Å². The van der Waals surface area contributed by atoms with Crippen molar-refractivity contribution in [1.82, 2.24) is 9.97 Å². The zero-order chi connectivity index (χ0) is 15.8. The number of methoxy groups -OCH3 is 1. The molecule has 118 valence electrons. The van der Waals surface area contributed by atoms with Crippen LogP contribution in [-0.2, 0) is 4.74 Å². The monoisotopic (exact) mass is 316 g/mol. The maximum atomic E-state index is 9.10. The van der Waals surface area contributed by atoms with Gasteiger partial charge in [0.15, 0.2) is 11.6 Å². The van der Waals surface area contributed by atoms with Crippen molar-refractivity contribution >= 4 is 29.5 Å². The molecule has 1 aliphatic rings. The van der Waals surface area contributed by atoms with E-state index in [-0.39, 0.29) is 24.9 Å². The molecule has 0 saturated carbocycles. The van der Waals surface area contributed by atoms with E-state index < -0.39 is 0 Å². The highest BCUT2D eigenvalue weighted by atomic mass is 32.1. The lowest BCUT2D eigenvalue weighted by molar-refractivity contribution is 0.0162. The highest BCUT2D eigenvalue weighted by Crippen LogP contribution is 2.31. The summed E-state index contributed by atoms with van der Waals surface area (Å²) in [4.78, 5) is 9.68. The van der Waals surface area contributed by atoms with E-state index in [2.05, 4.69) is 9.97 Å². The first-order valence-corrected chi connectivity index (χ1v) is 6.78. The minimum atomic E-state index is -0.280. The molecular formula is C12H20N4O4S. The maximum absolute atomic E-state index is 9.10. The predicted molar refractivity (Wildman–Crippen MR) is 82.3 cm³/mol. The fourth-order valence-corrected chi connectivity index (χ4v) is 2.22. The van der Waals surface area contributed by atoms with Crippen LogP contribution in [0.4, 0.5) is 11.8 Å². The van der Waals surface area contributed by atoms with Crippen LogP contribution < -0.4 is 15.4 Å². The first-order chi connectivity index (χ1) is 10.2. The number of nitrogens with zero attached hydrogens (tertiary/aromatic N) is 3. The van der Waals surface area contributed by atoms with Gasteiger partial charge >= 0.3 is 0 Å². The Morgan fingerprint density at radius 2 is 2.29 bits per heavy atom. The van der Waals surface area contributed by atoms with Crippen molar-refractivity contribution in [1.29, 1.82) is 0 Å². The molecule has 9 heteroatoms. The minimum Gasteiger partial charge on any atom is -0.491 e. The molecular weight excluding hydrogens is 296 g/mol. The molecule has 0 spiro atoms. The number of nitrogens with two attached hydrogens (primary N) is 1. The van der Waals surface area contributed by atoms with Crippen molar-refractivity contribution in [3.63, 3.8) is 0 Å². The van der Waals surface area contributed by atoms with E-state index in [1.54, 1.807) is 4.90 Å². The third kappa shape index (κ3) is 4.21. The highest BCUT2D eigenvalue weighted by Gasteiger charge is 2.31. The summed E-state index contributed by atoms with van der Waals surface area (Å²) in [6, 6.07) is 0. The van der Waals surface area contributed by atoms with Crippen LogP contribution in [0.1, 0.15) is 12.8 Å². The SMILES string of the molecule is CO.COc1cnc(N)nc1N(C=S)C1CCC(CO)O1. The van der Waals surface area contributed by atoms with Crippen molar-refractivity contribution in [2.75, 3.05) is 31.5 Å². The van der Waals surface area contributed by atoms with Gasteiger partial charge in [-0.2, -0.15) is 4.98 Å². The van der Waals surface area contributed by atoms with Crippen molar-refractivity contribution < 1.29 is 19.7 Å². The van der Waals surface area contributed by atoms with Gasteiger partial charge in [-0.15, -0.1) is 0 Å². The number of rotatable bonds is 5. The van der Waals surface area contributed by atoms with E-state index in [0.717, 1.165) is 20.0 Å². The lowest BCUT2D eigenvalue weighted by Gasteiger charge is -2.26. The Labute approximate surface area is 128 Å². The standard InChI is InChI=1S/C11H16N4O3S.CH4O/c1-17-8-4-13-11(12)14-10(8)15(6-19)9-3-2-7(5-16)18-9;1-2/h4,6-7,9,16H,2-3,5H2,1H3,(H2,12,13,14);2H,1H3. The summed E-state index contributed by atoms with van der Waals surface area (Å²) in [6.45, 7) is -0.00911. The lowest BCUT2D eigenvalue weighted by Crippen LogP contribution is -2.35. The van der Waals surface area contributed by atoms with Crippen LogP contribution in [0.3, 0.4) is 0 Å². The smallest absolute Gasteiger partial charge is 0.222 e. The number of aliphatic hydroxyl groups is 2. The second-order valence-corrected chi connectivity index (χ2v) is 4.32. The zero-order valence-electron chi connectivity index (χ0n) is 12.0. The van der Waals surface area contributed by atoms with Gasteiger partial charge in [0, 0.05) is 7.11 Å². The Morgan fingerprint density at radius 3 is 2.81 bits per heavy atom. The van der Waals surface area contributed by atoms with Crippen LogP contribution in [-0.4, -0.2) is 58.8 Å². The fourth-order valence-electron chi connectivity index (χ4n) is 1.98. The van der Waals surface area contributed by atoms with Crippen molar-refractivity contribution in [2.24, 2.45) is 0 Å². The molecule has 0 bridgehead atoms. The molecule has 0 radical (unpaired) electrons. The number of ether oxygens (including phenoxy) is 2. The van der Waals surface area contributed by atoms with E-state index in [4.69, 9.17) is 37.6 Å². The Bertz CT molecular complexity index is 463. The molecule has 1 fully saturated rings. The number of hydrogen-bond donors (Lipinski definition) is 3. The summed E-state index contributed by atoms with van der Waals surface area (Å²) in [6.07, 6.45) is 2.54. The summed E-state index contributed by atoms with van der Waals surface area (Å²) < 4.78 is 10.9. The van der Waals surface area contributed by atoms with E-state index in [1.807, 2.05) is 0 Å². The fraction of sp³-hybridized carbons (Fsp3) is 0.583. The summed E-state index contributed by atoms with van der Waals surface area (Å²) in [5, 5.41) is 16.1. The summed E-state index contributed by atoms with van der Waals surface area (Å²) in [5.41, 5.74) is 7.03. The third-order valence-corrected chi connectivity index (χ3v) is 3.16. The number of aromatic nitrogens is 2. The first-order valence-electron chi connectivity index (χ1n) is 6.30. The largest absolute Gasteiger partial charge is 0.491 e. The molecule has 1 aliphatic heterocycles. The average Bonchev–Trinajstić information content (AvgIpc) is 2.99. The number of anilines is 2. The predicted octanol–water partition coefficient (Wildman–Crippen LogP) is -0.0631. The molecule has 2 atom stereocenters. The van der Waals surface area contributed by atoms with E-state index in [9.17, 15) is 0 Å². The highest BCUT2D eigenvalue weighted by molar-refractivity contribution is 7.79. The zero-order valence-corrected chi connectivity index (χ0v) is 12.8. The van der Waals surface area contributed by atoms with Gasteiger partial charge in [0.1, 0.15) is 6.23 Å². The minimum absolute atomic E-state index is 0.00911. The van der Waals surface area contributed by atoms with Crippen LogP contribution in [0.2, 0.25) is 0 Å². The molecule has 21 heavy (non-hydrogen) atoms. The Kier molecular flexibility index (Phi) is 7.23. The van der Waals surface area contributed by atoms with Gasteiger partial charge in [0.25, 0.3) is 0 Å². The van der Waals surface area contributed by atoms with Gasteiger partial charge in [0.2, 0.25) is 5.95 Å². The Balaban J connectivity index is 0.00000106. The van der Waals surface area contributed by atoms with Crippen molar-refractivity contribution in [2.45, 2.75) is 25.2 Å². The summed E-state index contributed by atoms with van der Waals surface area (Å²) >= 11 is 5.02. The second kappa shape index (κ2) is 8.67. The van der Waals surface area contributed by atoms with Crippen LogP contribution in [0.15, 0.2) is 6.20 Å². The van der Waals surface area contributed by atoms with Crippen LogP contribution in [0, 0.1) is 0 Å². The van der Waals surface area contributed by atoms with Gasteiger partial charge in [-0.05, 0) is 12.8 Å². The molecule has 1 saturated heterocycles. The molecule has 0 amide bonds. The summed E-state index contributed by atoms with van der Waals surface area (Å²) in [5.74, 6) is 1.06. The number of aliphatic hydroxyl groups excluding tert-OH is 2. The van der Waals surface area contributed by atoms with E-state index in [0.29, 0.717) is 11.6 Å². The van der Waals surface area contributed by atoms with Crippen LogP contribution >= 0.6 is 12.2 Å². The normalized spacial score (nSPS) is 20.4. The number of thiocarbonyl (C=S) groups is 1. The molecule has 2 rings (SSSR count). The van der Waals surface area contributed by atoms with Gasteiger partial charge in [-0.1, -0.05) is 12.2 Å². The van der Waals surface area contributed by atoms with Crippen molar-refractivity contribution in [3.8, 4) is 5.75 Å². The van der Waals surface area contributed by atoms with E-state index in [1.165, 1.54) is 18.8 Å². The van der Waals surface area contributed by atoms with Crippen molar-refractivity contribution in [3.05, 3.63) is 6.20 Å². The molecule has 0 aromatic carbocycles. The Morgan fingerprint density at radius 1 is 1.57 bits per heavy atom.